The summed E-state index contributed by atoms with van der Waals surface area (Å²) >= 11 is 0. The van der Waals surface area contributed by atoms with Gasteiger partial charge in [-0.1, -0.05) is 51.4 Å². The molecule has 6 heteroatoms. The van der Waals surface area contributed by atoms with Crippen molar-refractivity contribution in [3.63, 3.8) is 0 Å². The number of hydrogen-bond acceptors (Lipinski definition) is 4. The molecule has 5 rings (SSSR count). The zero-order valence-electron chi connectivity index (χ0n) is 19.2. The lowest BCUT2D eigenvalue weighted by atomic mass is 9.67. The first-order chi connectivity index (χ1) is 15.7. The first-order valence-electron chi connectivity index (χ1n) is 13.1. The highest BCUT2D eigenvalue weighted by molar-refractivity contribution is 5.93. The van der Waals surface area contributed by atoms with Crippen molar-refractivity contribution >= 4 is 23.5 Å². The van der Waals surface area contributed by atoms with Crippen molar-refractivity contribution in [2.24, 2.45) is 35.5 Å². The molecule has 1 aromatic heterocycles. The van der Waals surface area contributed by atoms with Gasteiger partial charge in [-0.15, -0.1) is 0 Å². The lowest BCUT2D eigenvalue weighted by Gasteiger charge is -2.38. The molecule has 4 aliphatic carbocycles. The van der Waals surface area contributed by atoms with E-state index < -0.39 is 0 Å². The van der Waals surface area contributed by atoms with Gasteiger partial charge in [-0.2, -0.15) is 0 Å². The number of fused-ring (bicyclic) bond motifs is 2. The molecule has 0 bridgehead atoms. The summed E-state index contributed by atoms with van der Waals surface area (Å²) in [5.74, 6) is 4.21. The number of nitrogens with zero attached hydrogens (tertiary/aromatic N) is 2. The first kappa shape index (κ1) is 21.8. The third-order valence-electron chi connectivity index (χ3n) is 8.96. The molecule has 2 amide bonds. The molecule has 6 nitrogen and oxygen atoms in total. The van der Waals surface area contributed by atoms with Crippen molar-refractivity contribution in [2.75, 3.05) is 10.6 Å². The van der Waals surface area contributed by atoms with Crippen LogP contribution in [0.25, 0.3) is 0 Å². The maximum atomic E-state index is 12.9. The molecular weight excluding hydrogens is 400 g/mol. The highest BCUT2D eigenvalue weighted by atomic mass is 16.2. The summed E-state index contributed by atoms with van der Waals surface area (Å²) < 4.78 is 0. The van der Waals surface area contributed by atoms with Gasteiger partial charge in [-0.3, -0.25) is 14.6 Å². The summed E-state index contributed by atoms with van der Waals surface area (Å²) in [4.78, 5) is 34.5. The summed E-state index contributed by atoms with van der Waals surface area (Å²) in [5.41, 5.74) is 0. The molecule has 0 saturated heterocycles. The normalized spacial score (nSPS) is 34.6. The van der Waals surface area contributed by atoms with E-state index in [1.165, 1.54) is 64.2 Å². The monoisotopic (exact) mass is 438 g/mol. The van der Waals surface area contributed by atoms with E-state index in [1.807, 2.05) is 0 Å². The highest BCUT2D eigenvalue weighted by Crippen LogP contribution is 2.44. The number of rotatable bonds is 4. The molecule has 0 spiro atoms. The standard InChI is InChI=1S/C26H38N4O2/c31-25(21-11-9-17-5-1-3-7-19(17)13-21)29-23-15-27-16-24(28-23)30-26(32)22-12-10-18-6-2-4-8-20(18)14-22/h15-22H,1-14H2,(H2,28,29,30,31,32). The number of hydrogen-bond donors (Lipinski definition) is 2. The molecule has 4 fully saturated rings. The van der Waals surface area contributed by atoms with E-state index in [0.29, 0.717) is 23.5 Å². The molecule has 174 valence electrons. The van der Waals surface area contributed by atoms with Crippen LogP contribution in [0.15, 0.2) is 12.4 Å². The number of aromatic nitrogens is 2. The molecular formula is C26H38N4O2. The molecule has 32 heavy (non-hydrogen) atoms. The maximum Gasteiger partial charge on any atom is 0.228 e. The first-order valence-corrected chi connectivity index (χ1v) is 13.1. The summed E-state index contributed by atoms with van der Waals surface area (Å²) in [6.07, 6.45) is 20.0. The summed E-state index contributed by atoms with van der Waals surface area (Å²) in [5, 5.41) is 5.95. The van der Waals surface area contributed by atoms with E-state index >= 15 is 0 Å². The molecule has 0 aliphatic heterocycles. The van der Waals surface area contributed by atoms with E-state index in [9.17, 15) is 9.59 Å². The Kier molecular flexibility index (Phi) is 6.74. The second kappa shape index (κ2) is 9.88. The van der Waals surface area contributed by atoms with E-state index in [-0.39, 0.29) is 23.7 Å². The molecule has 1 heterocycles. The van der Waals surface area contributed by atoms with Gasteiger partial charge in [0.25, 0.3) is 0 Å². The fraction of sp³-hybridized carbons (Fsp3) is 0.769. The zero-order chi connectivity index (χ0) is 21.9. The smallest absolute Gasteiger partial charge is 0.228 e. The third-order valence-corrected chi connectivity index (χ3v) is 8.96. The fourth-order valence-corrected chi connectivity index (χ4v) is 7.17. The predicted molar refractivity (Wildman–Crippen MR) is 125 cm³/mol. The van der Waals surface area contributed by atoms with Crippen molar-refractivity contribution in [1.82, 2.24) is 9.97 Å². The van der Waals surface area contributed by atoms with Crippen molar-refractivity contribution < 1.29 is 9.59 Å². The van der Waals surface area contributed by atoms with Gasteiger partial charge in [0.1, 0.15) is 0 Å². The molecule has 0 radical (unpaired) electrons. The Morgan fingerprint density at radius 1 is 0.625 bits per heavy atom. The Morgan fingerprint density at radius 2 is 1.06 bits per heavy atom. The Hall–Kier alpha value is -1.98. The Morgan fingerprint density at radius 3 is 1.53 bits per heavy atom. The molecule has 1 aromatic rings. The number of carbonyl (C=O) groups is 2. The molecule has 0 aromatic carbocycles. The van der Waals surface area contributed by atoms with Crippen molar-refractivity contribution in [3.05, 3.63) is 12.4 Å². The second-order valence-corrected chi connectivity index (χ2v) is 10.9. The van der Waals surface area contributed by atoms with Crippen LogP contribution in [0, 0.1) is 35.5 Å². The topological polar surface area (TPSA) is 84.0 Å². The highest BCUT2D eigenvalue weighted by Gasteiger charge is 2.36. The van der Waals surface area contributed by atoms with E-state index in [4.69, 9.17) is 0 Å². The quantitative estimate of drug-likeness (QED) is 0.644. The average Bonchev–Trinajstić information content (AvgIpc) is 2.83. The number of nitrogens with one attached hydrogen (secondary N) is 2. The van der Waals surface area contributed by atoms with Crippen LogP contribution >= 0.6 is 0 Å². The molecule has 4 saturated carbocycles. The SMILES string of the molecule is O=C(Nc1cncc(NC(=O)C2CCC3CCCCC3C2)n1)C1CCC2CCCCC2C1. The average molecular weight is 439 g/mol. The van der Waals surface area contributed by atoms with Gasteiger partial charge in [0.05, 0.1) is 12.4 Å². The lowest BCUT2D eigenvalue weighted by molar-refractivity contribution is -0.122. The predicted octanol–water partition coefficient (Wildman–Crippen LogP) is 5.57. The Labute approximate surface area is 191 Å². The summed E-state index contributed by atoms with van der Waals surface area (Å²) in [7, 11) is 0. The fourth-order valence-electron chi connectivity index (χ4n) is 7.17. The van der Waals surface area contributed by atoms with Gasteiger partial charge in [0.15, 0.2) is 11.6 Å². The lowest BCUT2D eigenvalue weighted by Crippen LogP contribution is -2.34. The number of carbonyl (C=O) groups excluding carboxylic acids is 2. The van der Waals surface area contributed by atoms with Crippen LogP contribution in [0.3, 0.4) is 0 Å². The zero-order valence-corrected chi connectivity index (χ0v) is 19.2. The van der Waals surface area contributed by atoms with Crippen molar-refractivity contribution in [2.45, 2.75) is 89.9 Å². The van der Waals surface area contributed by atoms with Crippen molar-refractivity contribution in [3.8, 4) is 0 Å². The van der Waals surface area contributed by atoms with E-state index in [1.54, 1.807) is 12.4 Å². The van der Waals surface area contributed by atoms with Gasteiger partial charge in [0, 0.05) is 11.8 Å². The van der Waals surface area contributed by atoms with Crippen LogP contribution in [0.1, 0.15) is 89.9 Å². The van der Waals surface area contributed by atoms with Crippen LogP contribution in [-0.4, -0.2) is 21.8 Å². The minimum Gasteiger partial charge on any atom is -0.309 e. The summed E-state index contributed by atoms with van der Waals surface area (Å²) in [6.45, 7) is 0. The van der Waals surface area contributed by atoms with E-state index in [2.05, 4.69) is 20.6 Å². The minimum absolute atomic E-state index is 0.0578. The van der Waals surface area contributed by atoms with Gasteiger partial charge in [-0.25, -0.2) is 4.98 Å². The minimum atomic E-state index is 0.0578. The van der Waals surface area contributed by atoms with Gasteiger partial charge < -0.3 is 10.6 Å². The maximum absolute atomic E-state index is 12.9. The summed E-state index contributed by atoms with van der Waals surface area (Å²) in [6, 6.07) is 0. The number of amides is 2. The van der Waals surface area contributed by atoms with Crippen LogP contribution in [0.2, 0.25) is 0 Å². The van der Waals surface area contributed by atoms with E-state index in [0.717, 1.165) is 37.5 Å². The van der Waals surface area contributed by atoms with Gasteiger partial charge in [-0.05, 0) is 62.2 Å². The van der Waals surface area contributed by atoms with Crippen LogP contribution < -0.4 is 10.6 Å². The molecule has 6 unspecified atom stereocenters. The Balaban J connectivity index is 1.15. The Bertz CT molecular complexity index is 765. The van der Waals surface area contributed by atoms with Gasteiger partial charge in [0.2, 0.25) is 11.8 Å². The molecule has 4 aliphatic rings. The van der Waals surface area contributed by atoms with Crippen LogP contribution in [0.5, 0.6) is 0 Å². The second-order valence-electron chi connectivity index (χ2n) is 10.9. The number of anilines is 2. The van der Waals surface area contributed by atoms with Crippen molar-refractivity contribution in [1.29, 1.82) is 0 Å². The molecule has 2 N–H and O–H groups in total. The van der Waals surface area contributed by atoms with Crippen LogP contribution in [-0.2, 0) is 9.59 Å². The molecule has 6 atom stereocenters. The third kappa shape index (κ3) is 4.99. The van der Waals surface area contributed by atoms with Crippen LogP contribution in [0.4, 0.5) is 11.6 Å². The largest absolute Gasteiger partial charge is 0.309 e. The van der Waals surface area contributed by atoms with Gasteiger partial charge >= 0.3 is 0 Å².